The van der Waals surface area contributed by atoms with Gasteiger partial charge >= 0.3 is 11.1 Å². The maximum Gasteiger partial charge on any atom is 0.316 e. The van der Waals surface area contributed by atoms with Crippen LogP contribution in [0.1, 0.15) is 5.56 Å². The molecule has 0 fully saturated rings. The van der Waals surface area contributed by atoms with E-state index in [1.165, 1.54) is 4.57 Å². The minimum Gasteiger partial charge on any atom is -0.484 e. The van der Waals surface area contributed by atoms with Crippen molar-refractivity contribution in [2.75, 3.05) is 13.2 Å². The average molecular weight is 353 g/mol. The number of aromatic nitrogens is 2. The molecule has 0 spiro atoms. The number of amides is 1. The van der Waals surface area contributed by atoms with E-state index >= 15 is 0 Å². The van der Waals surface area contributed by atoms with Crippen LogP contribution < -0.4 is 21.2 Å². The van der Waals surface area contributed by atoms with E-state index in [2.05, 4.69) is 10.3 Å². The third-order valence-electron chi connectivity index (χ3n) is 3.93. The molecule has 0 radical (unpaired) electrons. The number of hydrogen-bond acceptors (Lipinski definition) is 4. The monoisotopic (exact) mass is 353 g/mol. The van der Waals surface area contributed by atoms with E-state index in [0.717, 1.165) is 5.56 Å². The van der Waals surface area contributed by atoms with E-state index in [9.17, 15) is 14.4 Å². The van der Waals surface area contributed by atoms with E-state index in [1.807, 2.05) is 19.1 Å². The van der Waals surface area contributed by atoms with Crippen molar-refractivity contribution in [3.63, 3.8) is 0 Å². The molecule has 7 heteroatoms. The molecule has 0 saturated carbocycles. The molecule has 134 valence electrons. The molecule has 0 bridgehead atoms. The van der Waals surface area contributed by atoms with Crippen LogP contribution in [0.4, 0.5) is 0 Å². The molecule has 3 rings (SSSR count). The minimum absolute atomic E-state index is 0.117. The van der Waals surface area contributed by atoms with Gasteiger partial charge < -0.3 is 19.6 Å². The van der Waals surface area contributed by atoms with Crippen molar-refractivity contribution in [3.05, 3.63) is 74.8 Å². The third kappa shape index (κ3) is 4.00. The van der Waals surface area contributed by atoms with Crippen molar-refractivity contribution in [2.45, 2.75) is 13.5 Å². The Morgan fingerprint density at radius 2 is 1.85 bits per heavy atom. The number of carbonyl (C=O) groups excluding carboxylic acids is 1. The van der Waals surface area contributed by atoms with Gasteiger partial charge in [-0.05, 0) is 31.2 Å². The smallest absolute Gasteiger partial charge is 0.316 e. The second-order valence-corrected chi connectivity index (χ2v) is 5.88. The number of nitrogens with zero attached hydrogens (tertiary/aromatic N) is 1. The zero-order valence-corrected chi connectivity index (χ0v) is 14.3. The molecular formula is C19H19N3O4. The summed E-state index contributed by atoms with van der Waals surface area (Å²) in [6.07, 6.45) is 0. The zero-order chi connectivity index (χ0) is 18.5. The van der Waals surface area contributed by atoms with E-state index in [1.54, 1.807) is 36.4 Å². The lowest BCUT2D eigenvalue weighted by Gasteiger charge is -2.11. The summed E-state index contributed by atoms with van der Waals surface area (Å²) in [5, 5.41) is 2.69. The summed E-state index contributed by atoms with van der Waals surface area (Å²) in [6.45, 7) is 2.26. The van der Waals surface area contributed by atoms with Gasteiger partial charge in [0.15, 0.2) is 6.61 Å². The maximum absolute atomic E-state index is 12.1. The van der Waals surface area contributed by atoms with E-state index in [0.29, 0.717) is 16.8 Å². The van der Waals surface area contributed by atoms with Crippen LogP contribution in [0.25, 0.3) is 11.0 Å². The molecule has 0 unspecified atom stereocenters. The van der Waals surface area contributed by atoms with Crippen molar-refractivity contribution in [1.82, 2.24) is 14.9 Å². The van der Waals surface area contributed by atoms with E-state index < -0.39 is 11.1 Å². The Bertz CT molecular complexity index is 1040. The largest absolute Gasteiger partial charge is 0.484 e. The summed E-state index contributed by atoms with van der Waals surface area (Å²) >= 11 is 0. The molecule has 1 amide bonds. The molecule has 1 heterocycles. The number of H-pyrrole nitrogens is 1. The van der Waals surface area contributed by atoms with Gasteiger partial charge in [-0.1, -0.05) is 29.8 Å². The van der Waals surface area contributed by atoms with Crippen LogP contribution in [0, 0.1) is 6.92 Å². The Labute approximate surface area is 149 Å². The highest BCUT2D eigenvalue weighted by Crippen LogP contribution is 2.11. The van der Waals surface area contributed by atoms with Gasteiger partial charge in [-0.2, -0.15) is 0 Å². The zero-order valence-electron chi connectivity index (χ0n) is 14.3. The van der Waals surface area contributed by atoms with Crippen LogP contribution >= 0.6 is 0 Å². The number of nitrogens with one attached hydrogen (secondary N) is 2. The molecule has 3 aromatic rings. The van der Waals surface area contributed by atoms with Gasteiger partial charge in [0.2, 0.25) is 0 Å². The Morgan fingerprint density at radius 3 is 2.62 bits per heavy atom. The van der Waals surface area contributed by atoms with Gasteiger partial charge in [-0.3, -0.25) is 14.4 Å². The van der Waals surface area contributed by atoms with Gasteiger partial charge in [0.1, 0.15) is 5.75 Å². The number of aromatic amines is 1. The lowest BCUT2D eigenvalue weighted by Crippen LogP contribution is -2.39. The Kier molecular flexibility index (Phi) is 5.17. The highest BCUT2D eigenvalue weighted by atomic mass is 16.5. The number of benzene rings is 2. The van der Waals surface area contributed by atoms with Crippen LogP contribution in [-0.4, -0.2) is 28.6 Å². The number of fused-ring (bicyclic) bond motifs is 1. The number of aryl methyl sites for hydroxylation is 1. The predicted molar refractivity (Wildman–Crippen MR) is 98.5 cm³/mol. The molecule has 26 heavy (non-hydrogen) atoms. The average Bonchev–Trinajstić information content (AvgIpc) is 2.64. The van der Waals surface area contributed by atoms with E-state index in [-0.39, 0.29) is 25.6 Å². The summed E-state index contributed by atoms with van der Waals surface area (Å²) in [6, 6.07) is 14.4. The highest BCUT2D eigenvalue weighted by molar-refractivity contribution is 5.77. The first-order valence-corrected chi connectivity index (χ1v) is 8.22. The van der Waals surface area contributed by atoms with Gasteiger partial charge in [0.05, 0.1) is 11.0 Å². The van der Waals surface area contributed by atoms with Crippen molar-refractivity contribution in [1.29, 1.82) is 0 Å². The van der Waals surface area contributed by atoms with Crippen LogP contribution in [0.15, 0.2) is 58.1 Å². The minimum atomic E-state index is -0.683. The maximum atomic E-state index is 12.1. The van der Waals surface area contributed by atoms with Crippen molar-refractivity contribution in [3.8, 4) is 5.75 Å². The molecule has 1 aromatic heterocycles. The summed E-state index contributed by atoms with van der Waals surface area (Å²) in [4.78, 5) is 38.3. The van der Waals surface area contributed by atoms with Crippen LogP contribution in [0.2, 0.25) is 0 Å². The third-order valence-corrected chi connectivity index (χ3v) is 3.93. The fraction of sp³-hybridized carbons (Fsp3) is 0.211. The second-order valence-electron chi connectivity index (χ2n) is 5.88. The van der Waals surface area contributed by atoms with Crippen molar-refractivity contribution >= 4 is 16.9 Å². The van der Waals surface area contributed by atoms with Gasteiger partial charge in [0, 0.05) is 13.1 Å². The number of rotatable bonds is 6. The molecule has 0 saturated heterocycles. The molecule has 0 aliphatic carbocycles. The predicted octanol–water partition coefficient (Wildman–Crippen LogP) is 1.19. The lowest BCUT2D eigenvalue weighted by molar-refractivity contribution is -0.123. The molecule has 2 aromatic carbocycles. The molecule has 2 N–H and O–H groups in total. The lowest BCUT2D eigenvalue weighted by atomic mass is 10.2. The fourth-order valence-corrected chi connectivity index (χ4v) is 2.59. The van der Waals surface area contributed by atoms with Gasteiger partial charge in [0.25, 0.3) is 5.91 Å². The second kappa shape index (κ2) is 7.69. The fourth-order valence-electron chi connectivity index (χ4n) is 2.59. The molecular weight excluding hydrogens is 334 g/mol. The summed E-state index contributed by atoms with van der Waals surface area (Å²) in [7, 11) is 0. The van der Waals surface area contributed by atoms with Gasteiger partial charge in [-0.25, -0.2) is 0 Å². The molecule has 7 nitrogen and oxygen atoms in total. The number of para-hydroxylation sites is 2. The SMILES string of the molecule is Cc1ccc(OCC(=O)NCCn2c(=O)c(=O)[nH]c3ccccc32)cc1. The molecule has 0 aliphatic rings. The van der Waals surface area contributed by atoms with E-state index in [4.69, 9.17) is 4.74 Å². The van der Waals surface area contributed by atoms with Crippen LogP contribution in [-0.2, 0) is 11.3 Å². The first-order chi connectivity index (χ1) is 12.5. The summed E-state index contributed by atoms with van der Waals surface area (Å²) in [5.74, 6) is 0.315. The first kappa shape index (κ1) is 17.5. The topological polar surface area (TPSA) is 93.2 Å². The first-order valence-electron chi connectivity index (χ1n) is 8.22. The quantitative estimate of drug-likeness (QED) is 0.651. The standard InChI is InChI=1S/C19H19N3O4/c1-13-6-8-14(9-7-13)26-12-17(23)20-10-11-22-16-5-3-2-4-15(16)21-18(24)19(22)25/h2-9H,10-12H2,1H3,(H,20,23)(H,21,24). The Hall–Kier alpha value is -3.35. The Morgan fingerprint density at radius 1 is 1.12 bits per heavy atom. The summed E-state index contributed by atoms with van der Waals surface area (Å²) < 4.78 is 6.76. The summed E-state index contributed by atoms with van der Waals surface area (Å²) in [5.41, 5.74) is 0.970. The number of ether oxygens (including phenoxy) is 1. The van der Waals surface area contributed by atoms with Crippen LogP contribution in [0.5, 0.6) is 5.75 Å². The number of hydrogen-bond donors (Lipinski definition) is 2. The molecule has 0 atom stereocenters. The van der Waals surface area contributed by atoms with Crippen molar-refractivity contribution in [2.24, 2.45) is 0 Å². The van der Waals surface area contributed by atoms with Gasteiger partial charge in [-0.15, -0.1) is 0 Å². The Balaban J connectivity index is 1.59. The normalized spacial score (nSPS) is 10.7. The number of carbonyl (C=O) groups is 1. The molecule has 0 aliphatic heterocycles. The van der Waals surface area contributed by atoms with Crippen molar-refractivity contribution < 1.29 is 9.53 Å². The highest BCUT2D eigenvalue weighted by Gasteiger charge is 2.08. The van der Waals surface area contributed by atoms with Crippen LogP contribution in [0.3, 0.4) is 0 Å².